The molecule has 0 heterocycles. The van der Waals surface area contributed by atoms with E-state index < -0.39 is 10.1 Å². The molecule has 0 atom stereocenters. The fourth-order valence-corrected chi connectivity index (χ4v) is 2.85. The molecule has 0 aliphatic rings. The van der Waals surface area contributed by atoms with Crippen molar-refractivity contribution >= 4 is 42.0 Å². The van der Waals surface area contributed by atoms with Crippen LogP contribution in [0.1, 0.15) is 0 Å². The van der Waals surface area contributed by atoms with Crippen LogP contribution in [0.4, 0.5) is 0 Å². The van der Waals surface area contributed by atoms with Crippen LogP contribution >= 0.6 is 31.9 Å². The standard InChI is InChI=1S/C6H4Br2O3S.Na/c7-4-1-2-6(5(8)3-4)12(9,10)11;/h1-3H,(H,9,10,11);/q;+1/p-1. The van der Waals surface area contributed by atoms with Crippen molar-refractivity contribution in [3.63, 3.8) is 0 Å². The molecule has 0 aliphatic heterocycles. The third-order valence-electron chi connectivity index (χ3n) is 1.16. The van der Waals surface area contributed by atoms with Crippen LogP contribution in [-0.2, 0) is 10.1 Å². The summed E-state index contributed by atoms with van der Waals surface area (Å²) in [6.07, 6.45) is 0. The summed E-state index contributed by atoms with van der Waals surface area (Å²) in [7, 11) is -4.37. The minimum atomic E-state index is -4.37. The van der Waals surface area contributed by atoms with Gasteiger partial charge >= 0.3 is 29.6 Å². The Labute approximate surface area is 115 Å². The van der Waals surface area contributed by atoms with Crippen molar-refractivity contribution in [1.29, 1.82) is 0 Å². The zero-order chi connectivity index (χ0) is 9.35. The molecule has 7 heteroatoms. The molecule has 1 aromatic carbocycles. The molecule has 0 saturated carbocycles. The molecule has 1 aromatic rings. The average molecular weight is 338 g/mol. The van der Waals surface area contributed by atoms with E-state index in [0.717, 1.165) is 0 Å². The topological polar surface area (TPSA) is 57.2 Å². The van der Waals surface area contributed by atoms with Gasteiger partial charge in [0.1, 0.15) is 10.1 Å². The van der Waals surface area contributed by atoms with Gasteiger partial charge in [-0.3, -0.25) is 0 Å². The first-order chi connectivity index (χ1) is 5.41. The van der Waals surface area contributed by atoms with Crippen molar-refractivity contribution < 1.29 is 42.5 Å². The van der Waals surface area contributed by atoms with Crippen LogP contribution in [0.15, 0.2) is 32.0 Å². The Kier molecular flexibility index (Phi) is 5.69. The zero-order valence-corrected chi connectivity index (χ0v) is 12.6. The van der Waals surface area contributed by atoms with Crippen molar-refractivity contribution in [3.05, 3.63) is 27.1 Å². The Morgan fingerprint density at radius 2 is 1.77 bits per heavy atom. The van der Waals surface area contributed by atoms with Gasteiger partial charge in [0.25, 0.3) is 0 Å². The van der Waals surface area contributed by atoms with E-state index in [0.29, 0.717) is 4.47 Å². The molecular formula is C6H3Br2NaO3S. The van der Waals surface area contributed by atoms with Gasteiger partial charge in [0, 0.05) is 8.95 Å². The summed E-state index contributed by atoms with van der Waals surface area (Å²) < 4.78 is 32.7. The molecule has 0 saturated heterocycles. The first-order valence-electron chi connectivity index (χ1n) is 2.82. The van der Waals surface area contributed by atoms with E-state index in [9.17, 15) is 13.0 Å². The van der Waals surface area contributed by atoms with Gasteiger partial charge in [0.15, 0.2) is 0 Å². The second-order valence-corrected chi connectivity index (χ2v) is 5.15. The molecule has 0 amide bonds. The van der Waals surface area contributed by atoms with Gasteiger partial charge in [0.05, 0.1) is 4.90 Å². The molecule has 0 radical (unpaired) electrons. The molecule has 1 rings (SSSR count). The van der Waals surface area contributed by atoms with Crippen molar-refractivity contribution in [2.24, 2.45) is 0 Å². The van der Waals surface area contributed by atoms with Crippen LogP contribution in [-0.4, -0.2) is 13.0 Å². The maximum absolute atomic E-state index is 10.6. The van der Waals surface area contributed by atoms with Crippen LogP contribution in [0.3, 0.4) is 0 Å². The maximum atomic E-state index is 10.6. The summed E-state index contributed by atoms with van der Waals surface area (Å²) in [5.41, 5.74) is 0. The van der Waals surface area contributed by atoms with Gasteiger partial charge in [-0.25, -0.2) is 8.42 Å². The summed E-state index contributed by atoms with van der Waals surface area (Å²) in [5, 5.41) is 0. The molecule has 13 heavy (non-hydrogen) atoms. The van der Waals surface area contributed by atoms with E-state index in [1.54, 1.807) is 0 Å². The van der Waals surface area contributed by atoms with Crippen LogP contribution in [0.2, 0.25) is 0 Å². The van der Waals surface area contributed by atoms with Crippen LogP contribution in [0.5, 0.6) is 0 Å². The van der Waals surface area contributed by atoms with Crippen LogP contribution in [0, 0.1) is 0 Å². The minimum absolute atomic E-state index is 0. The maximum Gasteiger partial charge on any atom is 1.00 e. The molecule has 0 aromatic heterocycles. The van der Waals surface area contributed by atoms with Gasteiger partial charge in [-0.1, -0.05) is 15.9 Å². The monoisotopic (exact) mass is 336 g/mol. The van der Waals surface area contributed by atoms with Gasteiger partial charge in [-0.2, -0.15) is 0 Å². The van der Waals surface area contributed by atoms with Crippen molar-refractivity contribution in [2.75, 3.05) is 0 Å². The quantitative estimate of drug-likeness (QED) is 0.494. The molecule has 0 unspecified atom stereocenters. The molecule has 0 spiro atoms. The average Bonchev–Trinajstić information content (AvgIpc) is 1.83. The smallest absolute Gasteiger partial charge is 0.744 e. The Bertz CT molecular complexity index is 404. The molecule has 66 valence electrons. The Morgan fingerprint density at radius 1 is 1.23 bits per heavy atom. The summed E-state index contributed by atoms with van der Waals surface area (Å²) in [4.78, 5) is -0.245. The number of hydrogen-bond acceptors (Lipinski definition) is 3. The second kappa shape index (κ2) is 5.25. The molecular weight excluding hydrogens is 335 g/mol. The number of halogens is 2. The Balaban J connectivity index is 0.00000144. The summed E-state index contributed by atoms with van der Waals surface area (Å²) in [6, 6.07) is 4.25. The number of rotatable bonds is 1. The molecule has 3 nitrogen and oxygen atoms in total. The fraction of sp³-hybridized carbons (Fsp3) is 0. The third kappa shape index (κ3) is 3.99. The van der Waals surface area contributed by atoms with E-state index in [1.165, 1.54) is 18.2 Å². The molecule has 0 N–H and O–H groups in total. The van der Waals surface area contributed by atoms with Crippen molar-refractivity contribution in [2.45, 2.75) is 4.90 Å². The van der Waals surface area contributed by atoms with Gasteiger partial charge in [-0.15, -0.1) is 0 Å². The zero-order valence-electron chi connectivity index (χ0n) is 6.62. The van der Waals surface area contributed by atoms with Crippen molar-refractivity contribution in [1.82, 2.24) is 0 Å². The number of benzene rings is 1. The van der Waals surface area contributed by atoms with Gasteiger partial charge in [-0.05, 0) is 34.1 Å². The van der Waals surface area contributed by atoms with E-state index in [4.69, 9.17) is 0 Å². The SMILES string of the molecule is O=S(=O)([O-])c1ccc(Br)cc1Br.[Na+]. The fourth-order valence-electron chi connectivity index (χ4n) is 0.678. The first-order valence-corrected chi connectivity index (χ1v) is 5.81. The normalized spacial score (nSPS) is 10.7. The predicted molar refractivity (Wildman–Crippen MR) is 49.8 cm³/mol. The van der Waals surface area contributed by atoms with Crippen LogP contribution < -0.4 is 29.6 Å². The van der Waals surface area contributed by atoms with E-state index in [-0.39, 0.29) is 38.9 Å². The third-order valence-corrected chi connectivity index (χ3v) is 3.47. The predicted octanol–water partition coefficient (Wildman–Crippen LogP) is -0.880. The van der Waals surface area contributed by atoms with Crippen molar-refractivity contribution in [3.8, 4) is 0 Å². The summed E-state index contributed by atoms with van der Waals surface area (Å²) in [6.45, 7) is 0. The van der Waals surface area contributed by atoms with E-state index in [1.807, 2.05) is 0 Å². The van der Waals surface area contributed by atoms with E-state index in [2.05, 4.69) is 31.9 Å². The van der Waals surface area contributed by atoms with Gasteiger partial charge in [0.2, 0.25) is 0 Å². The van der Waals surface area contributed by atoms with E-state index >= 15 is 0 Å². The largest absolute Gasteiger partial charge is 1.00 e. The summed E-state index contributed by atoms with van der Waals surface area (Å²) in [5.74, 6) is 0. The summed E-state index contributed by atoms with van der Waals surface area (Å²) >= 11 is 6.11. The number of hydrogen-bond donors (Lipinski definition) is 0. The minimum Gasteiger partial charge on any atom is -0.744 e. The molecule has 0 fully saturated rings. The Morgan fingerprint density at radius 3 is 2.15 bits per heavy atom. The molecule has 0 bridgehead atoms. The van der Waals surface area contributed by atoms with Crippen LogP contribution in [0.25, 0.3) is 0 Å². The second-order valence-electron chi connectivity index (χ2n) is 2.03. The Hall–Kier alpha value is 1.09. The first kappa shape index (κ1) is 14.1. The molecule has 0 aliphatic carbocycles. The van der Waals surface area contributed by atoms with Gasteiger partial charge < -0.3 is 4.55 Å².